The smallest absolute Gasteiger partial charge is 0.124 e. The summed E-state index contributed by atoms with van der Waals surface area (Å²) in [5.74, 6) is 0.973. The minimum Gasteiger partial charge on any atom is -0.490 e. The summed E-state index contributed by atoms with van der Waals surface area (Å²) >= 11 is 0. The van der Waals surface area contributed by atoms with Crippen LogP contribution in [-0.4, -0.2) is 38.6 Å². The molecule has 19 heavy (non-hydrogen) atoms. The number of hydrogen-bond donors (Lipinski definition) is 1. The van der Waals surface area contributed by atoms with Crippen molar-refractivity contribution in [3.8, 4) is 5.75 Å². The lowest BCUT2D eigenvalue weighted by atomic mass is 9.97. The lowest BCUT2D eigenvalue weighted by Gasteiger charge is -2.38. The van der Waals surface area contributed by atoms with Crippen molar-refractivity contribution in [1.82, 2.24) is 5.32 Å². The second-order valence-corrected chi connectivity index (χ2v) is 5.11. The lowest BCUT2D eigenvalue weighted by Crippen LogP contribution is -2.47. The van der Waals surface area contributed by atoms with Crippen LogP contribution in [0.5, 0.6) is 5.75 Å². The van der Waals surface area contributed by atoms with Crippen LogP contribution in [0.3, 0.4) is 0 Å². The fraction of sp³-hybridized carbons (Fsp3) is 0.600. The lowest BCUT2D eigenvalue weighted by molar-refractivity contribution is -0.170. The molecular formula is C15H21NO3. The van der Waals surface area contributed by atoms with Crippen LogP contribution in [0.4, 0.5) is 0 Å². The van der Waals surface area contributed by atoms with Crippen molar-refractivity contribution in [1.29, 1.82) is 0 Å². The van der Waals surface area contributed by atoms with E-state index in [1.807, 2.05) is 12.1 Å². The Morgan fingerprint density at radius 2 is 2.11 bits per heavy atom. The molecule has 104 valence electrons. The van der Waals surface area contributed by atoms with Crippen molar-refractivity contribution in [3.63, 3.8) is 0 Å². The van der Waals surface area contributed by atoms with Crippen LogP contribution >= 0.6 is 0 Å². The molecule has 3 rings (SSSR count). The third-order valence-corrected chi connectivity index (χ3v) is 3.62. The summed E-state index contributed by atoms with van der Waals surface area (Å²) in [6.07, 6.45) is 1.40. The van der Waals surface area contributed by atoms with Crippen molar-refractivity contribution in [2.45, 2.75) is 31.6 Å². The fourth-order valence-electron chi connectivity index (χ4n) is 2.54. The molecular weight excluding hydrogens is 242 g/mol. The average molecular weight is 263 g/mol. The summed E-state index contributed by atoms with van der Waals surface area (Å²) in [6.45, 7) is 5.18. The predicted octanol–water partition coefficient (Wildman–Crippen LogP) is 1.90. The van der Waals surface area contributed by atoms with Gasteiger partial charge in [-0.3, -0.25) is 0 Å². The Labute approximate surface area is 114 Å². The summed E-state index contributed by atoms with van der Waals surface area (Å²) in [7, 11) is 0. The minimum absolute atomic E-state index is 0.0651. The van der Waals surface area contributed by atoms with Crippen LogP contribution in [0.2, 0.25) is 0 Å². The highest BCUT2D eigenvalue weighted by Gasteiger charge is 2.34. The van der Waals surface area contributed by atoms with Gasteiger partial charge >= 0.3 is 0 Å². The van der Waals surface area contributed by atoms with E-state index in [4.69, 9.17) is 14.2 Å². The molecule has 0 aliphatic carbocycles. The maximum absolute atomic E-state index is 6.08. The number of fused-ring (bicyclic) bond motifs is 1. The first-order chi connectivity index (χ1) is 9.38. The number of benzene rings is 1. The highest BCUT2D eigenvalue weighted by Crippen LogP contribution is 2.34. The van der Waals surface area contributed by atoms with Crippen molar-refractivity contribution in [2.24, 2.45) is 0 Å². The van der Waals surface area contributed by atoms with Gasteiger partial charge in [-0.1, -0.05) is 25.1 Å². The molecule has 4 heteroatoms. The van der Waals surface area contributed by atoms with Crippen molar-refractivity contribution < 1.29 is 14.2 Å². The summed E-state index contributed by atoms with van der Waals surface area (Å²) < 4.78 is 17.1. The molecule has 4 nitrogen and oxygen atoms in total. The molecule has 2 atom stereocenters. The molecule has 2 aliphatic heterocycles. The van der Waals surface area contributed by atoms with E-state index in [0.717, 1.165) is 18.7 Å². The van der Waals surface area contributed by atoms with Crippen molar-refractivity contribution in [3.05, 3.63) is 29.8 Å². The van der Waals surface area contributed by atoms with Gasteiger partial charge in [0.2, 0.25) is 0 Å². The summed E-state index contributed by atoms with van der Waals surface area (Å²) in [5.41, 5.74) is 1.20. The zero-order valence-corrected chi connectivity index (χ0v) is 11.3. The monoisotopic (exact) mass is 263 g/mol. The van der Waals surface area contributed by atoms with Crippen LogP contribution in [-0.2, 0) is 9.47 Å². The number of rotatable bonds is 5. The van der Waals surface area contributed by atoms with Crippen LogP contribution in [0, 0.1) is 0 Å². The Morgan fingerprint density at radius 1 is 1.26 bits per heavy atom. The van der Waals surface area contributed by atoms with Crippen LogP contribution in [0.15, 0.2) is 24.3 Å². The van der Waals surface area contributed by atoms with E-state index in [9.17, 15) is 0 Å². The van der Waals surface area contributed by atoms with Gasteiger partial charge in [0.25, 0.3) is 0 Å². The van der Waals surface area contributed by atoms with Crippen LogP contribution < -0.4 is 10.1 Å². The molecule has 0 saturated carbocycles. The second-order valence-electron chi connectivity index (χ2n) is 5.11. The molecule has 2 heterocycles. The maximum Gasteiger partial charge on any atom is 0.124 e. The number of nitrogens with one attached hydrogen (secondary N) is 1. The number of ether oxygens (including phenoxy) is 3. The molecule has 1 aromatic rings. The molecule has 1 saturated heterocycles. The van der Waals surface area contributed by atoms with Crippen LogP contribution in [0.25, 0.3) is 0 Å². The molecule has 1 aromatic carbocycles. The molecule has 0 amide bonds. The van der Waals surface area contributed by atoms with Gasteiger partial charge in [-0.15, -0.1) is 0 Å². The van der Waals surface area contributed by atoms with Gasteiger partial charge in [-0.2, -0.15) is 0 Å². The van der Waals surface area contributed by atoms with E-state index in [0.29, 0.717) is 19.8 Å². The molecule has 2 aliphatic rings. The highest BCUT2D eigenvalue weighted by molar-refractivity contribution is 5.38. The molecule has 0 spiro atoms. The Morgan fingerprint density at radius 3 is 2.84 bits per heavy atom. The third kappa shape index (κ3) is 2.76. The largest absolute Gasteiger partial charge is 0.490 e. The quantitative estimate of drug-likeness (QED) is 0.881. The molecule has 1 N–H and O–H groups in total. The van der Waals surface area contributed by atoms with Gasteiger partial charge in [0.05, 0.1) is 19.3 Å². The predicted molar refractivity (Wildman–Crippen MR) is 72.5 cm³/mol. The van der Waals surface area contributed by atoms with Crippen molar-refractivity contribution >= 4 is 0 Å². The average Bonchev–Trinajstić information content (AvgIpc) is 2.41. The maximum atomic E-state index is 6.08. The van der Waals surface area contributed by atoms with Gasteiger partial charge < -0.3 is 19.5 Å². The Balaban J connectivity index is 1.76. The summed E-state index contributed by atoms with van der Waals surface area (Å²) in [4.78, 5) is 0. The topological polar surface area (TPSA) is 39.7 Å². The Kier molecular flexibility index (Phi) is 4.01. The van der Waals surface area contributed by atoms with E-state index >= 15 is 0 Å². The SMILES string of the molecule is CCCNC1c2ccccc2OCC1OC1COC1. The third-order valence-electron chi connectivity index (χ3n) is 3.62. The zero-order chi connectivity index (χ0) is 13.1. The highest BCUT2D eigenvalue weighted by atomic mass is 16.6. The van der Waals surface area contributed by atoms with Crippen LogP contribution in [0.1, 0.15) is 24.9 Å². The molecule has 0 aromatic heterocycles. The van der Waals surface area contributed by atoms with E-state index in [-0.39, 0.29) is 18.2 Å². The van der Waals surface area contributed by atoms with Gasteiger partial charge in [-0.25, -0.2) is 0 Å². The Hall–Kier alpha value is -1.10. The van der Waals surface area contributed by atoms with Crippen molar-refractivity contribution in [2.75, 3.05) is 26.4 Å². The Bertz CT molecular complexity index is 420. The number of hydrogen-bond acceptors (Lipinski definition) is 4. The van der Waals surface area contributed by atoms with Gasteiger partial charge in [0.15, 0.2) is 0 Å². The van der Waals surface area contributed by atoms with Gasteiger partial charge in [-0.05, 0) is 19.0 Å². The summed E-state index contributed by atoms with van der Waals surface area (Å²) in [5, 5.41) is 3.59. The number of para-hydroxylation sites is 1. The van der Waals surface area contributed by atoms with Gasteiger partial charge in [0.1, 0.15) is 24.6 Å². The zero-order valence-electron chi connectivity index (χ0n) is 11.3. The minimum atomic E-state index is 0.0651. The standard InChI is InChI=1S/C15H21NO3/c1-2-7-16-15-12-5-3-4-6-13(12)18-10-14(15)19-11-8-17-9-11/h3-6,11,14-16H,2,7-10H2,1H3. The van der Waals surface area contributed by atoms with Gasteiger partial charge in [0, 0.05) is 5.56 Å². The van der Waals surface area contributed by atoms with E-state index in [1.165, 1.54) is 5.56 Å². The summed E-state index contributed by atoms with van der Waals surface area (Å²) in [6, 6.07) is 8.42. The first-order valence-electron chi connectivity index (χ1n) is 7.06. The fourth-order valence-corrected chi connectivity index (χ4v) is 2.54. The van der Waals surface area contributed by atoms with E-state index < -0.39 is 0 Å². The molecule has 0 bridgehead atoms. The van der Waals surface area contributed by atoms with E-state index in [1.54, 1.807) is 0 Å². The first-order valence-corrected chi connectivity index (χ1v) is 7.06. The molecule has 2 unspecified atom stereocenters. The second kappa shape index (κ2) is 5.90. The van der Waals surface area contributed by atoms with E-state index in [2.05, 4.69) is 24.4 Å². The normalized spacial score (nSPS) is 26.4. The molecule has 1 fully saturated rings. The first kappa shape index (κ1) is 12.9. The molecule has 0 radical (unpaired) electrons.